The summed E-state index contributed by atoms with van der Waals surface area (Å²) in [6.07, 6.45) is 5.79. The van der Waals surface area contributed by atoms with E-state index in [0.717, 1.165) is 49.5 Å². The van der Waals surface area contributed by atoms with E-state index >= 15 is 0 Å². The highest BCUT2D eigenvalue weighted by Crippen LogP contribution is 2.29. The third kappa shape index (κ3) is 3.45. The summed E-state index contributed by atoms with van der Waals surface area (Å²) in [6, 6.07) is 8.12. The van der Waals surface area contributed by atoms with Crippen LogP contribution in [0, 0.1) is 6.92 Å². The molecule has 3 heterocycles. The number of piperidine rings is 1. The fourth-order valence-corrected chi connectivity index (χ4v) is 3.53. The van der Waals surface area contributed by atoms with Crippen LogP contribution in [-0.4, -0.2) is 37.7 Å². The number of rotatable bonds is 4. The maximum Gasteiger partial charge on any atom is 0.228 e. The Bertz CT molecular complexity index is 837. The van der Waals surface area contributed by atoms with Gasteiger partial charge in [-0.2, -0.15) is 0 Å². The molecule has 130 valence electrons. The molecule has 6 nitrogen and oxygen atoms in total. The molecular weight excluding hydrogens is 338 g/mol. The highest BCUT2D eigenvalue weighted by Gasteiger charge is 2.22. The number of hydrogen-bond donors (Lipinski definition) is 0. The van der Waals surface area contributed by atoms with Gasteiger partial charge in [-0.25, -0.2) is 4.98 Å². The zero-order chi connectivity index (χ0) is 17.2. The minimum atomic E-state index is 0.489. The molecule has 1 fully saturated rings. The summed E-state index contributed by atoms with van der Waals surface area (Å²) in [5.41, 5.74) is 1.82. The van der Waals surface area contributed by atoms with Crippen LogP contribution in [0.15, 0.2) is 41.3 Å². The first kappa shape index (κ1) is 16.3. The Morgan fingerprint density at radius 2 is 1.88 bits per heavy atom. The fraction of sp³-hybridized carbons (Fsp3) is 0.389. The molecule has 4 rings (SSSR count). The van der Waals surface area contributed by atoms with Crippen molar-refractivity contribution in [1.82, 2.24) is 24.6 Å². The Morgan fingerprint density at radius 3 is 2.60 bits per heavy atom. The molecule has 0 aliphatic carbocycles. The van der Waals surface area contributed by atoms with E-state index in [4.69, 9.17) is 16.0 Å². The zero-order valence-corrected chi connectivity index (χ0v) is 14.9. The number of oxazole rings is 1. The van der Waals surface area contributed by atoms with E-state index in [9.17, 15) is 0 Å². The summed E-state index contributed by atoms with van der Waals surface area (Å²) in [4.78, 5) is 7.10. The molecule has 0 atom stereocenters. The highest BCUT2D eigenvalue weighted by molar-refractivity contribution is 6.33. The average Bonchev–Trinajstić information content (AvgIpc) is 3.27. The zero-order valence-electron chi connectivity index (χ0n) is 14.1. The quantitative estimate of drug-likeness (QED) is 0.712. The van der Waals surface area contributed by atoms with E-state index in [0.29, 0.717) is 17.0 Å². The van der Waals surface area contributed by atoms with Gasteiger partial charge in [0.2, 0.25) is 5.89 Å². The molecule has 0 unspecified atom stereocenters. The minimum Gasteiger partial charge on any atom is -0.441 e. The van der Waals surface area contributed by atoms with Crippen molar-refractivity contribution < 1.29 is 4.42 Å². The van der Waals surface area contributed by atoms with Crippen molar-refractivity contribution in [2.45, 2.75) is 32.4 Å². The average molecular weight is 358 g/mol. The van der Waals surface area contributed by atoms with Gasteiger partial charge in [0.25, 0.3) is 0 Å². The van der Waals surface area contributed by atoms with Crippen LogP contribution in [0.25, 0.3) is 11.5 Å². The third-order valence-corrected chi connectivity index (χ3v) is 5.12. The third-order valence-electron chi connectivity index (χ3n) is 4.79. The molecule has 2 aromatic heterocycles. The lowest BCUT2D eigenvalue weighted by atomic mass is 10.0. The Labute approximate surface area is 151 Å². The van der Waals surface area contributed by atoms with Gasteiger partial charge in [-0.15, -0.1) is 10.2 Å². The molecule has 1 aromatic carbocycles. The van der Waals surface area contributed by atoms with Crippen LogP contribution in [0.2, 0.25) is 5.02 Å². The van der Waals surface area contributed by atoms with Crippen molar-refractivity contribution in [1.29, 1.82) is 0 Å². The maximum absolute atomic E-state index is 6.25. The second kappa shape index (κ2) is 6.98. The van der Waals surface area contributed by atoms with Gasteiger partial charge in [0.15, 0.2) is 0 Å². The molecule has 7 heteroatoms. The van der Waals surface area contributed by atoms with Gasteiger partial charge < -0.3 is 8.98 Å². The molecular formula is C18H20ClN5O. The fourth-order valence-electron chi connectivity index (χ4n) is 3.31. The number of aryl methyl sites for hydroxylation is 1. The van der Waals surface area contributed by atoms with E-state index in [1.54, 1.807) is 12.7 Å². The molecule has 0 amide bonds. The van der Waals surface area contributed by atoms with Crippen LogP contribution in [0.4, 0.5) is 0 Å². The second-order valence-corrected chi connectivity index (χ2v) is 6.83. The number of benzene rings is 1. The number of hydrogen-bond acceptors (Lipinski definition) is 5. The lowest BCUT2D eigenvalue weighted by Gasteiger charge is -2.31. The Balaban J connectivity index is 1.43. The normalized spacial score (nSPS) is 16.4. The van der Waals surface area contributed by atoms with E-state index in [1.807, 2.05) is 31.2 Å². The molecule has 0 spiro atoms. The molecule has 3 aromatic rings. The highest BCUT2D eigenvalue weighted by atomic mass is 35.5. The van der Waals surface area contributed by atoms with Crippen LogP contribution >= 0.6 is 11.6 Å². The van der Waals surface area contributed by atoms with Crippen molar-refractivity contribution in [2.75, 3.05) is 13.1 Å². The van der Waals surface area contributed by atoms with Crippen molar-refractivity contribution in [2.24, 2.45) is 0 Å². The summed E-state index contributed by atoms with van der Waals surface area (Å²) in [5, 5.41) is 8.46. The van der Waals surface area contributed by atoms with Gasteiger partial charge in [0.1, 0.15) is 18.4 Å². The second-order valence-electron chi connectivity index (χ2n) is 6.42. The van der Waals surface area contributed by atoms with Gasteiger partial charge in [0, 0.05) is 25.7 Å². The molecule has 0 bridgehead atoms. The summed E-state index contributed by atoms with van der Waals surface area (Å²) in [6.45, 7) is 4.81. The number of likely N-dealkylation sites (tertiary alicyclic amines) is 1. The first-order valence-corrected chi connectivity index (χ1v) is 8.86. The number of aromatic nitrogens is 4. The summed E-state index contributed by atoms with van der Waals surface area (Å²) in [7, 11) is 0. The van der Waals surface area contributed by atoms with Crippen LogP contribution < -0.4 is 0 Å². The van der Waals surface area contributed by atoms with Crippen molar-refractivity contribution in [3.05, 3.63) is 53.4 Å². The van der Waals surface area contributed by atoms with E-state index in [2.05, 4.69) is 24.6 Å². The predicted molar refractivity (Wildman–Crippen MR) is 95.3 cm³/mol. The Hall–Kier alpha value is -2.18. The van der Waals surface area contributed by atoms with Crippen LogP contribution in [0.5, 0.6) is 0 Å². The van der Waals surface area contributed by atoms with Crippen LogP contribution in [0.1, 0.15) is 30.3 Å². The summed E-state index contributed by atoms with van der Waals surface area (Å²) < 4.78 is 7.97. The van der Waals surface area contributed by atoms with Gasteiger partial charge in [-0.3, -0.25) is 4.90 Å². The predicted octanol–water partition coefficient (Wildman–Crippen LogP) is 3.73. The monoisotopic (exact) mass is 357 g/mol. The first-order chi connectivity index (χ1) is 12.2. The van der Waals surface area contributed by atoms with Gasteiger partial charge in [-0.05, 0) is 31.9 Å². The molecule has 1 aliphatic rings. The molecule has 1 saturated heterocycles. The minimum absolute atomic E-state index is 0.489. The van der Waals surface area contributed by atoms with E-state index in [-0.39, 0.29) is 0 Å². The van der Waals surface area contributed by atoms with Gasteiger partial charge in [0.05, 0.1) is 16.3 Å². The molecule has 0 saturated carbocycles. The van der Waals surface area contributed by atoms with Crippen molar-refractivity contribution in [3.8, 4) is 11.5 Å². The maximum atomic E-state index is 6.25. The van der Waals surface area contributed by atoms with Crippen molar-refractivity contribution >= 4 is 11.6 Å². The van der Waals surface area contributed by atoms with Gasteiger partial charge >= 0.3 is 0 Å². The van der Waals surface area contributed by atoms with Crippen LogP contribution in [0.3, 0.4) is 0 Å². The standard InChI is InChI=1S/C18H20ClN5O/c1-13-17(22-18(25-13)15-4-2-3-5-16(15)19)10-23-8-6-14(7-9-23)24-11-20-21-12-24/h2-5,11-12,14H,6-10H2,1H3. The van der Waals surface area contributed by atoms with Crippen molar-refractivity contribution in [3.63, 3.8) is 0 Å². The molecule has 25 heavy (non-hydrogen) atoms. The van der Waals surface area contributed by atoms with Gasteiger partial charge in [-0.1, -0.05) is 23.7 Å². The SMILES string of the molecule is Cc1oc(-c2ccccc2Cl)nc1CN1CCC(n2cnnc2)CC1. The first-order valence-electron chi connectivity index (χ1n) is 8.48. The lowest BCUT2D eigenvalue weighted by Crippen LogP contribution is -2.34. The summed E-state index contributed by atoms with van der Waals surface area (Å²) >= 11 is 6.25. The lowest BCUT2D eigenvalue weighted by molar-refractivity contribution is 0.177. The smallest absolute Gasteiger partial charge is 0.228 e. The molecule has 0 N–H and O–H groups in total. The number of halogens is 1. The Morgan fingerprint density at radius 1 is 1.16 bits per heavy atom. The Kier molecular flexibility index (Phi) is 4.55. The molecule has 1 aliphatic heterocycles. The summed E-state index contributed by atoms with van der Waals surface area (Å²) in [5.74, 6) is 1.45. The number of nitrogens with zero attached hydrogens (tertiary/aromatic N) is 5. The van der Waals surface area contributed by atoms with E-state index in [1.165, 1.54) is 0 Å². The van der Waals surface area contributed by atoms with E-state index < -0.39 is 0 Å². The molecule has 0 radical (unpaired) electrons. The van der Waals surface area contributed by atoms with Crippen LogP contribution in [-0.2, 0) is 6.54 Å². The largest absolute Gasteiger partial charge is 0.441 e. The topological polar surface area (TPSA) is 60.0 Å².